The van der Waals surface area contributed by atoms with Crippen molar-refractivity contribution in [3.63, 3.8) is 0 Å². The van der Waals surface area contributed by atoms with Crippen LogP contribution in [0, 0.1) is 18.8 Å². The standard InChI is InChI=1S/C22H26FNO3.C2H6/c1-18-17-20(4-3-19-5-8-21(24-2)9-6-19)7-10-22(18)27-16-15-26-14-13-25-12-11-23;1-2/h5-10,17,24H,11-16H2,1-2H3;1-2H3. The molecule has 4 nitrogen and oxygen atoms in total. The molecule has 0 atom stereocenters. The maximum atomic E-state index is 11.8. The largest absolute Gasteiger partial charge is 0.491 e. The second kappa shape index (κ2) is 15.4. The van der Waals surface area contributed by atoms with Crippen molar-refractivity contribution in [2.45, 2.75) is 20.8 Å². The summed E-state index contributed by atoms with van der Waals surface area (Å²) in [7, 11) is 1.89. The van der Waals surface area contributed by atoms with Gasteiger partial charge in [-0.05, 0) is 55.0 Å². The Morgan fingerprint density at radius 1 is 0.828 bits per heavy atom. The second-order valence-electron chi connectivity index (χ2n) is 5.82. The van der Waals surface area contributed by atoms with Crippen LogP contribution < -0.4 is 10.1 Å². The summed E-state index contributed by atoms with van der Waals surface area (Å²) in [4.78, 5) is 0. The molecule has 0 unspecified atom stereocenters. The molecule has 5 heteroatoms. The van der Waals surface area contributed by atoms with E-state index in [4.69, 9.17) is 14.2 Å². The summed E-state index contributed by atoms with van der Waals surface area (Å²) in [5.41, 5.74) is 4.01. The highest BCUT2D eigenvalue weighted by molar-refractivity contribution is 5.51. The van der Waals surface area contributed by atoms with E-state index in [9.17, 15) is 4.39 Å². The van der Waals surface area contributed by atoms with E-state index < -0.39 is 6.67 Å². The average Bonchev–Trinajstić information content (AvgIpc) is 2.77. The van der Waals surface area contributed by atoms with E-state index in [1.807, 2.05) is 70.3 Å². The topological polar surface area (TPSA) is 39.7 Å². The molecular formula is C24H32FNO3. The van der Waals surface area contributed by atoms with Crippen molar-refractivity contribution >= 4 is 5.69 Å². The molecule has 0 bridgehead atoms. The molecule has 2 aromatic rings. The molecule has 0 aromatic heterocycles. The molecule has 0 amide bonds. The number of alkyl halides is 1. The third-order valence-corrected chi connectivity index (χ3v) is 3.78. The Morgan fingerprint density at radius 2 is 1.41 bits per heavy atom. The van der Waals surface area contributed by atoms with E-state index in [0.29, 0.717) is 26.4 Å². The number of ether oxygens (including phenoxy) is 3. The molecule has 2 rings (SSSR count). The number of benzene rings is 2. The molecule has 0 aliphatic heterocycles. The number of aryl methyl sites for hydroxylation is 1. The molecule has 0 fully saturated rings. The van der Waals surface area contributed by atoms with Crippen molar-refractivity contribution in [2.75, 3.05) is 52.1 Å². The van der Waals surface area contributed by atoms with Crippen LogP contribution >= 0.6 is 0 Å². The zero-order valence-corrected chi connectivity index (χ0v) is 17.9. The van der Waals surface area contributed by atoms with Crippen LogP contribution in [0.5, 0.6) is 5.75 Å². The van der Waals surface area contributed by atoms with E-state index in [0.717, 1.165) is 28.1 Å². The van der Waals surface area contributed by atoms with E-state index in [2.05, 4.69) is 17.2 Å². The van der Waals surface area contributed by atoms with Crippen molar-refractivity contribution in [3.05, 3.63) is 59.2 Å². The van der Waals surface area contributed by atoms with Crippen LogP contribution in [0.2, 0.25) is 0 Å². The Hall–Kier alpha value is -2.55. The molecule has 0 saturated carbocycles. The van der Waals surface area contributed by atoms with E-state index >= 15 is 0 Å². The molecule has 0 spiro atoms. The normalized spacial score (nSPS) is 9.69. The van der Waals surface area contributed by atoms with E-state index in [1.54, 1.807) is 0 Å². The number of hydrogen-bond donors (Lipinski definition) is 1. The highest BCUT2D eigenvalue weighted by atomic mass is 19.1. The summed E-state index contributed by atoms with van der Waals surface area (Å²) >= 11 is 0. The summed E-state index contributed by atoms with van der Waals surface area (Å²) < 4.78 is 27.9. The predicted molar refractivity (Wildman–Crippen MR) is 118 cm³/mol. The molecule has 29 heavy (non-hydrogen) atoms. The van der Waals surface area contributed by atoms with Gasteiger partial charge in [-0.15, -0.1) is 0 Å². The first kappa shape index (κ1) is 24.5. The molecule has 0 saturated heterocycles. The van der Waals surface area contributed by atoms with Gasteiger partial charge in [-0.25, -0.2) is 4.39 Å². The van der Waals surface area contributed by atoms with Crippen molar-refractivity contribution in [1.82, 2.24) is 0 Å². The predicted octanol–water partition coefficient (Wildman–Crippen LogP) is 4.84. The van der Waals surface area contributed by atoms with Crippen LogP contribution in [0.15, 0.2) is 42.5 Å². The molecular weight excluding hydrogens is 369 g/mol. The van der Waals surface area contributed by atoms with Crippen molar-refractivity contribution in [3.8, 4) is 17.6 Å². The number of rotatable bonds is 10. The number of hydrogen-bond acceptors (Lipinski definition) is 4. The van der Waals surface area contributed by atoms with Crippen LogP contribution in [-0.2, 0) is 9.47 Å². The summed E-state index contributed by atoms with van der Waals surface area (Å²) in [6, 6.07) is 13.9. The van der Waals surface area contributed by atoms with E-state index in [-0.39, 0.29) is 6.61 Å². The third kappa shape index (κ3) is 9.98. The van der Waals surface area contributed by atoms with Crippen molar-refractivity contribution in [2.24, 2.45) is 0 Å². The van der Waals surface area contributed by atoms with Crippen LogP contribution in [-0.4, -0.2) is 46.8 Å². The lowest BCUT2D eigenvalue weighted by Crippen LogP contribution is -2.11. The van der Waals surface area contributed by atoms with Gasteiger partial charge >= 0.3 is 0 Å². The SMILES string of the molecule is CC.CNc1ccc(C#Cc2ccc(OCCOCCOCCF)c(C)c2)cc1. The fraction of sp³-hybridized carbons (Fsp3) is 0.417. The van der Waals surface area contributed by atoms with Gasteiger partial charge in [0.2, 0.25) is 0 Å². The van der Waals surface area contributed by atoms with E-state index in [1.165, 1.54) is 0 Å². The fourth-order valence-corrected chi connectivity index (χ4v) is 2.34. The molecule has 0 aliphatic rings. The quantitative estimate of drug-likeness (QED) is 0.457. The second-order valence-corrected chi connectivity index (χ2v) is 5.82. The first-order chi connectivity index (χ1) is 14.2. The lowest BCUT2D eigenvalue weighted by Gasteiger charge is -2.10. The van der Waals surface area contributed by atoms with Gasteiger partial charge in [0.05, 0.1) is 26.4 Å². The number of nitrogens with one attached hydrogen (secondary N) is 1. The summed E-state index contributed by atoms with van der Waals surface area (Å²) in [5.74, 6) is 7.16. The monoisotopic (exact) mass is 401 g/mol. The lowest BCUT2D eigenvalue weighted by molar-refractivity contribution is 0.0324. The van der Waals surface area contributed by atoms with Crippen molar-refractivity contribution in [1.29, 1.82) is 0 Å². The molecule has 0 aliphatic carbocycles. The molecule has 1 N–H and O–H groups in total. The zero-order valence-electron chi connectivity index (χ0n) is 17.9. The minimum absolute atomic E-state index is 0.121. The summed E-state index contributed by atoms with van der Waals surface area (Å²) in [6.45, 7) is 7.39. The van der Waals surface area contributed by atoms with Crippen LogP contribution in [0.4, 0.5) is 10.1 Å². The number of anilines is 1. The van der Waals surface area contributed by atoms with Gasteiger partial charge in [0.25, 0.3) is 0 Å². The first-order valence-electron chi connectivity index (χ1n) is 9.97. The Labute approximate surface area is 174 Å². The van der Waals surface area contributed by atoms with Gasteiger partial charge in [0, 0.05) is 23.9 Å². The summed E-state index contributed by atoms with van der Waals surface area (Å²) in [6.07, 6.45) is 0. The Kier molecular flexibility index (Phi) is 13.0. The maximum Gasteiger partial charge on any atom is 0.122 e. The van der Waals surface area contributed by atoms with Gasteiger partial charge in [-0.1, -0.05) is 25.7 Å². The van der Waals surface area contributed by atoms with Gasteiger partial charge in [-0.2, -0.15) is 0 Å². The molecule has 0 radical (unpaired) electrons. The minimum Gasteiger partial charge on any atom is -0.491 e. The summed E-state index contributed by atoms with van der Waals surface area (Å²) in [5, 5.41) is 3.09. The zero-order chi connectivity index (χ0) is 21.3. The Balaban J connectivity index is 0.00000204. The highest BCUT2D eigenvalue weighted by Crippen LogP contribution is 2.18. The molecule has 2 aromatic carbocycles. The smallest absolute Gasteiger partial charge is 0.122 e. The first-order valence-corrected chi connectivity index (χ1v) is 9.97. The minimum atomic E-state index is -0.467. The Morgan fingerprint density at radius 3 is 2.03 bits per heavy atom. The maximum absolute atomic E-state index is 11.8. The molecule has 0 heterocycles. The van der Waals surface area contributed by atoms with Crippen LogP contribution in [0.3, 0.4) is 0 Å². The van der Waals surface area contributed by atoms with Gasteiger partial charge < -0.3 is 19.5 Å². The van der Waals surface area contributed by atoms with Crippen LogP contribution in [0.1, 0.15) is 30.5 Å². The van der Waals surface area contributed by atoms with Gasteiger partial charge in [0.15, 0.2) is 0 Å². The highest BCUT2D eigenvalue weighted by Gasteiger charge is 2.00. The van der Waals surface area contributed by atoms with Gasteiger partial charge in [0.1, 0.15) is 19.0 Å². The third-order valence-electron chi connectivity index (χ3n) is 3.78. The van der Waals surface area contributed by atoms with Crippen LogP contribution in [0.25, 0.3) is 0 Å². The average molecular weight is 402 g/mol. The number of halogens is 1. The fourth-order valence-electron chi connectivity index (χ4n) is 2.34. The van der Waals surface area contributed by atoms with Crippen molar-refractivity contribution < 1.29 is 18.6 Å². The molecule has 158 valence electrons. The lowest BCUT2D eigenvalue weighted by atomic mass is 10.1. The van der Waals surface area contributed by atoms with Gasteiger partial charge in [-0.3, -0.25) is 0 Å². The Bertz CT molecular complexity index is 751.